The van der Waals surface area contributed by atoms with E-state index < -0.39 is 5.54 Å². The topological polar surface area (TPSA) is 72.9 Å². The van der Waals surface area contributed by atoms with Crippen molar-refractivity contribution < 1.29 is 4.79 Å². The number of aryl methyl sites for hydroxylation is 1. The van der Waals surface area contributed by atoms with Crippen molar-refractivity contribution in [2.75, 3.05) is 5.32 Å². The molecule has 5 nitrogen and oxygen atoms in total. The number of carbonyl (C=O) groups excluding carboxylic acids is 1. The summed E-state index contributed by atoms with van der Waals surface area (Å²) in [5.74, 6) is 0.858. The van der Waals surface area contributed by atoms with Crippen molar-refractivity contribution in [1.82, 2.24) is 9.55 Å². The van der Waals surface area contributed by atoms with E-state index in [4.69, 9.17) is 10.7 Å². The first-order valence-corrected chi connectivity index (χ1v) is 8.13. The van der Waals surface area contributed by atoms with E-state index in [9.17, 15) is 4.79 Å². The molecule has 3 N–H and O–H groups in total. The standard InChI is InChI=1S/C18H28N4O.ClH/c1-7-10-18(5,19)16(23)20-12-8-9-14-13(11-12)21-15(22(14)6)17(2,3)4;/h8-9,11H,7,10,19H2,1-6H3,(H,20,23);1H. The van der Waals surface area contributed by atoms with Gasteiger partial charge in [-0.25, -0.2) is 4.98 Å². The summed E-state index contributed by atoms with van der Waals surface area (Å²) in [5, 5.41) is 2.91. The highest BCUT2D eigenvalue weighted by Crippen LogP contribution is 2.27. The molecular weight excluding hydrogens is 324 g/mol. The number of carbonyl (C=O) groups is 1. The first kappa shape index (κ1) is 20.5. The molecule has 0 radical (unpaired) electrons. The number of rotatable bonds is 4. The molecule has 1 aromatic heterocycles. The second-order valence-electron chi connectivity index (χ2n) is 7.57. The van der Waals surface area contributed by atoms with E-state index in [2.05, 4.69) is 30.7 Å². The van der Waals surface area contributed by atoms with Gasteiger partial charge in [-0.15, -0.1) is 12.4 Å². The van der Waals surface area contributed by atoms with Crippen molar-refractivity contribution in [3.05, 3.63) is 24.0 Å². The van der Waals surface area contributed by atoms with Gasteiger partial charge in [-0.3, -0.25) is 4.79 Å². The van der Waals surface area contributed by atoms with Crippen LogP contribution in [0.1, 0.15) is 53.3 Å². The third-order valence-electron chi connectivity index (χ3n) is 4.10. The van der Waals surface area contributed by atoms with Crippen LogP contribution in [-0.2, 0) is 17.3 Å². The Morgan fingerprint density at radius 2 is 1.92 bits per heavy atom. The lowest BCUT2D eigenvalue weighted by atomic mass is 9.96. The van der Waals surface area contributed by atoms with Crippen molar-refractivity contribution in [3.8, 4) is 0 Å². The predicted octanol–water partition coefficient (Wildman–Crippen LogP) is 3.75. The summed E-state index contributed by atoms with van der Waals surface area (Å²) in [7, 11) is 2.02. The van der Waals surface area contributed by atoms with Crippen molar-refractivity contribution in [3.63, 3.8) is 0 Å². The summed E-state index contributed by atoms with van der Waals surface area (Å²) in [4.78, 5) is 17.1. The van der Waals surface area contributed by atoms with E-state index in [-0.39, 0.29) is 23.7 Å². The zero-order valence-electron chi connectivity index (χ0n) is 15.4. The summed E-state index contributed by atoms with van der Waals surface area (Å²) in [6.45, 7) is 10.2. The average Bonchev–Trinajstić information content (AvgIpc) is 2.75. The molecule has 0 saturated carbocycles. The summed E-state index contributed by atoms with van der Waals surface area (Å²) in [6, 6.07) is 5.79. The Kier molecular flexibility index (Phi) is 6.06. The van der Waals surface area contributed by atoms with Crippen LogP contribution in [-0.4, -0.2) is 21.0 Å². The highest BCUT2D eigenvalue weighted by Gasteiger charge is 2.27. The van der Waals surface area contributed by atoms with Gasteiger partial charge in [0.2, 0.25) is 5.91 Å². The largest absolute Gasteiger partial charge is 0.331 e. The van der Waals surface area contributed by atoms with E-state index in [0.717, 1.165) is 29.0 Å². The number of nitrogens with one attached hydrogen (secondary N) is 1. The fourth-order valence-electron chi connectivity index (χ4n) is 2.86. The molecule has 1 aromatic carbocycles. The van der Waals surface area contributed by atoms with Crippen LogP contribution in [0, 0.1) is 0 Å². The van der Waals surface area contributed by atoms with Crippen LogP contribution < -0.4 is 11.1 Å². The normalized spacial score (nSPS) is 14.1. The van der Waals surface area contributed by atoms with Gasteiger partial charge in [0.05, 0.1) is 16.6 Å². The molecule has 1 unspecified atom stereocenters. The maximum Gasteiger partial charge on any atom is 0.244 e. The van der Waals surface area contributed by atoms with Crippen LogP contribution in [0.5, 0.6) is 0 Å². The maximum absolute atomic E-state index is 12.3. The fraction of sp³-hybridized carbons (Fsp3) is 0.556. The molecule has 0 fully saturated rings. The Hall–Kier alpha value is -1.59. The molecule has 0 bridgehead atoms. The molecule has 6 heteroatoms. The van der Waals surface area contributed by atoms with Gasteiger partial charge in [-0.2, -0.15) is 0 Å². The molecule has 0 saturated heterocycles. The Morgan fingerprint density at radius 3 is 2.46 bits per heavy atom. The summed E-state index contributed by atoms with van der Waals surface area (Å²) in [6.07, 6.45) is 1.52. The van der Waals surface area contributed by atoms with Crippen LogP contribution in [0.15, 0.2) is 18.2 Å². The molecule has 0 aliphatic rings. The van der Waals surface area contributed by atoms with Gasteiger partial charge in [0.15, 0.2) is 0 Å². The van der Waals surface area contributed by atoms with Gasteiger partial charge in [-0.05, 0) is 31.5 Å². The molecule has 0 spiro atoms. The van der Waals surface area contributed by atoms with Crippen molar-refractivity contribution in [1.29, 1.82) is 0 Å². The lowest BCUT2D eigenvalue weighted by Crippen LogP contribution is -2.48. The Balaban J connectivity index is 0.00000288. The first-order valence-electron chi connectivity index (χ1n) is 8.13. The predicted molar refractivity (Wildman–Crippen MR) is 103 cm³/mol. The van der Waals surface area contributed by atoms with Crippen LogP contribution >= 0.6 is 12.4 Å². The number of fused-ring (bicyclic) bond motifs is 1. The molecule has 0 aliphatic heterocycles. The molecule has 0 aliphatic carbocycles. The van der Waals surface area contributed by atoms with Crippen LogP contribution in [0.25, 0.3) is 11.0 Å². The van der Waals surface area contributed by atoms with E-state index >= 15 is 0 Å². The second-order valence-corrected chi connectivity index (χ2v) is 7.57. The minimum absolute atomic E-state index is 0. The van der Waals surface area contributed by atoms with Gasteiger partial charge >= 0.3 is 0 Å². The Labute approximate surface area is 150 Å². The number of nitrogens with zero attached hydrogens (tertiary/aromatic N) is 2. The van der Waals surface area contributed by atoms with Gasteiger partial charge < -0.3 is 15.6 Å². The van der Waals surface area contributed by atoms with E-state index in [1.54, 1.807) is 6.92 Å². The second kappa shape index (κ2) is 7.11. The summed E-state index contributed by atoms with van der Waals surface area (Å²) < 4.78 is 2.10. The monoisotopic (exact) mass is 352 g/mol. The smallest absolute Gasteiger partial charge is 0.244 e. The molecule has 1 atom stereocenters. The summed E-state index contributed by atoms with van der Waals surface area (Å²) >= 11 is 0. The highest BCUT2D eigenvalue weighted by atomic mass is 35.5. The number of amides is 1. The van der Waals surface area contributed by atoms with Crippen LogP contribution in [0.3, 0.4) is 0 Å². The third-order valence-corrected chi connectivity index (χ3v) is 4.10. The zero-order chi connectivity index (χ0) is 17.4. The maximum atomic E-state index is 12.3. The minimum Gasteiger partial charge on any atom is -0.331 e. The SMILES string of the molecule is CCCC(C)(N)C(=O)Nc1ccc2c(c1)nc(C(C)(C)C)n2C.Cl. The van der Waals surface area contributed by atoms with Crippen molar-refractivity contribution in [2.45, 2.75) is 58.4 Å². The van der Waals surface area contributed by atoms with Gasteiger partial charge in [0.1, 0.15) is 5.82 Å². The number of anilines is 1. The number of hydrogen-bond donors (Lipinski definition) is 2. The van der Waals surface area contributed by atoms with E-state index in [1.807, 2.05) is 32.2 Å². The number of imidazole rings is 1. The molecule has 24 heavy (non-hydrogen) atoms. The Morgan fingerprint density at radius 1 is 1.29 bits per heavy atom. The minimum atomic E-state index is -0.857. The first-order chi connectivity index (χ1) is 10.6. The highest BCUT2D eigenvalue weighted by molar-refractivity contribution is 5.98. The zero-order valence-corrected chi connectivity index (χ0v) is 16.3. The number of hydrogen-bond acceptors (Lipinski definition) is 3. The van der Waals surface area contributed by atoms with Crippen LogP contribution in [0.4, 0.5) is 5.69 Å². The van der Waals surface area contributed by atoms with Crippen molar-refractivity contribution in [2.24, 2.45) is 12.8 Å². The fourth-order valence-corrected chi connectivity index (χ4v) is 2.86. The molecule has 1 heterocycles. The quantitative estimate of drug-likeness (QED) is 0.880. The summed E-state index contributed by atoms with van der Waals surface area (Å²) in [5.41, 5.74) is 7.86. The van der Waals surface area contributed by atoms with Crippen LogP contribution in [0.2, 0.25) is 0 Å². The molecular formula is C18H29ClN4O. The lowest BCUT2D eigenvalue weighted by Gasteiger charge is -2.22. The molecule has 2 rings (SSSR count). The molecule has 1 amide bonds. The van der Waals surface area contributed by atoms with E-state index in [0.29, 0.717) is 6.42 Å². The molecule has 2 aromatic rings. The van der Waals surface area contributed by atoms with Gasteiger partial charge in [-0.1, -0.05) is 34.1 Å². The lowest BCUT2D eigenvalue weighted by molar-refractivity contribution is -0.120. The number of nitrogens with two attached hydrogens (primary N) is 1. The van der Waals surface area contributed by atoms with Crippen molar-refractivity contribution >= 4 is 35.0 Å². The molecule has 134 valence electrons. The number of aromatic nitrogens is 2. The van der Waals surface area contributed by atoms with Gasteiger partial charge in [0, 0.05) is 18.2 Å². The van der Waals surface area contributed by atoms with E-state index in [1.165, 1.54) is 0 Å². The Bertz CT molecular complexity index is 728. The third kappa shape index (κ3) is 4.08. The average molecular weight is 353 g/mol. The van der Waals surface area contributed by atoms with Gasteiger partial charge in [0.25, 0.3) is 0 Å². The number of halogens is 1. The number of benzene rings is 1.